The summed E-state index contributed by atoms with van der Waals surface area (Å²) in [7, 11) is -4.15. The summed E-state index contributed by atoms with van der Waals surface area (Å²) in [5.41, 5.74) is 0.813. The van der Waals surface area contributed by atoms with Crippen LogP contribution in [0.2, 0.25) is 5.02 Å². The molecule has 1 amide bonds. The van der Waals surface area contributed by atoms with Crippen molar-refractivity contribution >= 4 is 39.3 Å². The molecular formula is C21H16ClNO4S. The van der Waals surface area contributed by atoms with Crippen molar-refractivity contribution in [2.24, 2.45) is 0 Å². The molecule has 5 nitrogen and oxygen atoms in total. The highest BCUT2D eigenvalue weighted by atomic mass is 35.5. The van der Waals surface area contributed by atoms with Crippen molar-refractivity contribution in [2.45, 2.75) is 4.90 Å². The predicted molar refractivity (Wildman–Crippen MR) is 110 cm³/mol. The molecule has 0 saturated carbocycles. The molecule has 28 heavy (non-hydrogen) atoms. The van der Waals surface area contributed by atoms with Gasteiger partial charge in [0.15, 0.2) is 0 Å². The Balaban J connectivity index is 2.02. The van der Waals surface area contributed by atoms with Crippen LogP contribution in [0.25, 0.3) is 6.08 Å². The van der Waals surface area contributed by atoms with Gasteiger partial charge in [-0.2, -0.15) is 4.31 Å². The fourth-order valence-electron chi connectivity index (χ4n) is 2.48. The first-order valence-electron chi connectivity index (χ1n) is 8.25. The van der Waals surface area contributed by atoms with E-state index in [0.29, 0.717) is 14.9 Å². The molecule has 0 aliphatic rings. The molecule has 3 aromatic carbocycles. The first-order chi connectivity index (χ1) is 13.4. The number of phenols is 1. The Morgan fingerprint density at radius 3 is 2.11 bits per heavy atom. The van der Waals surface area contributed by atoms with Crippen LogP contribution in [-0.2, 0) is 14.8 Å². The van der Waals surface area contributed by atoms with E-state index in [2.05, 4.69) is 0 Å². The van der Waals surface area contributed by atoms with Gasteiger partial charge in [0.05, 0.1) is 10.6 Å². The van der Waals surface area contributed by atoms with E-state index in [0.717, 1.165) is 0 Å². The minimum atomic E-state index is -4.15. The zero-order valence-corrected chi connectivity index (χ0v) is 16.1. The van der Waals surface area contributed by atoms with E-state index in [1.165, 1.54) is 48.6 Å². The summed E-state index contributed by atoms with van der Waals surface area (Å²) < 4.78 is 26.9. The molecule has 1 N–H and O–H groups in total. The maximum absolute atomic E-state index is 13.1. The molecule has 0 spiro atoms. The first-order valence-corrected chi connectivity index (χ1v) is 10.1. The summed E-state index contributed by atoms with van der Waals surface area (Å²) in [6.07, 6.45) is 2.68. The van der Waals surface area contributed by atoms with E-state index in [4.69, 9.17) is 11.6 Å². The van der Waals surface area contributed by atoms with E-state index in [-0.39, 0.29) is 16.3 Å². The van der Waals surface area contributed by atoms with E-state index in [1.807, 2.05) is 0 Å². The minimum Gasteiger partial charge on any atom is -0.508 e. The average Bonchev–Trinajstić information content (AvgIpc) is 2.70. The van der Waals surface area contributed by atoms with Crippen molar-refractivity contribution in [1.29, 1.82) is 0 Å². The van der Waals surface area contributed by atoms with Gasteiger partial charge in [-0.05, 0) is 60.2 Å². The lowest BCUT2D eigenvalue weighted by atomic mass is 10.2. The average molecular weight is 414 g/mol. The van der Waals surface area contributed by atoms with Crippen LogP contribution in [0.5, 0.6) is 5.75 Å². The van der Waals surface area contributed by atoms with Gasteiger partial charge in [-0.1, -0.05) is 41.9 Å². The van der Waals surface area contributed by atoms with Gasteiger partial charge in [0, 0.05) is 11.1 Å². The van der Waals surface area contributed by atoms with Crippen molar-refractivity contribution in [3.63, 3.8) is 0 Å². The smallest absolute Gasteiger partial charge is 0.271 e. The lowest BCUT2D eigenvalue weighted by molar-refractivity contribution is -0.113. The number of benzene rings is 3. The molecule has 3 aromatic rings. The van der Waals surface area contributed by atoms with Crippen LogP contribution in [0.3, 0.4) is 0 Å². The van der Waals surface area contributed by atoms with Crippen molar-refractivity contribution in [2.75, 3.05) is 4.31 Å². The van der Waals surface area contributed by atoms with Crippen LogP contribution in [0.15, 0.2) is 89.8 Å². The largest absolute Gasteiger partial charge is 0.508 e. The van der Waals surface area contributed by atoms with Gasteiger partial charge >= 0.3 is 0 Å². The summed E-state index contributed by atoms with van der Waals surface area (Å²) in [4.78, 5) is 12.8. The number of anilines is 1. The second-order valence-corrected chi connectivity index (χ2v) is 8.05. The summed E-state index contributed by atoms with van der Waals surface area (Å²) >= 11 is 5.85. The standard InChI is InChI=1S/C21H16ClNO4S/c22-17-9-6-16(7-10-17)8-15-21(25)23(18-11-13-19(24)14-12-18)28(26,27)20-4-2-1-3-5-20/h1-15,24H. The topological polar surface area (TPSA) is 74.7 Å². The molecule has 7 heteroatoms. The Labute approximate surface area is 168 Å². The maximum atomic E-state index is 13.1. The third-order valence-corrected chi connectivity index (χ3v) is 5.85. The monoisotopic (exact) mass is 413 g/mol. The fraction of sp³-hybridized carbons (Fsp3) is 0. The van der Waals surface area contributed by atoms with E-state index < -0.39 is 15.9 Å². The summed E-state index contributed by atoms with van der Waals surface area (Å²) in [6, 6.07) is 19.8. The van der Waals surface area contributed by atoms with Gasteiger partial charge in [-0.3, -0.25) is 4.79 Å². The second kappa shape index (κ2) is 8.29. The third-order valence-electron chi connectivity index (χ3n) is 3.85. The van der Waals surface area contributed by atoms with Crippen LogP contribution < -0.4 is 4.31 Å². The number of phenolic OH excluding ortho intramolecular Hbond substituents is 1. The Morgan fingerprint density at radius 2 is 1.50 bits per heavy atom. The highest BCUT2D eigenvalue weighted by Crippen LogP contribution is 2.26. The van der Waals surface area contributed by atoms with Crippen LogP contribution in [0.4, 0.5) is 5.69 Å². The molecule has 0 aliphatic carbocycles. The number of halogens is 1. The molecule has 0 radical (unpaired) electrons. The van der Waals surface area contributed by atoms with Gasteiger partial charge < -0.3 is 5.11 Å². The molecule has 0 aromatic heterocycles. The number of nitrogens with zero attached hydrogens (tertiary/aromatic N) is 1. The number of aromatic hydroxyl groups is 1. The lowest BCUT2D eigenvalue weighted by Crippen LogP contribution is -2.35. The van der Waals surface area contributed by atoms with E-state index >= 15 is 0 Å². The number of hydrogen-bond acceptors (Lipinski definition) is 4. The van der Waals surface area contributed by atoms with Gasteiger partial charge in [-0.25, -0.2) is 8.42 Å². The van der Waals surface area contributed by atoms with Crippen LogP contribution >= 0.6 is 11.6 Å². The normalized spacial score (nSPS) is 11.5. The molecule has 0 atom stereocenters. The van der Waals surface area contributed by atoms with Crippen molar-refractivity contribution in [1.82, 2.24) is 0 Å². The number of rotatable bonds is 5. The lowest BCUT2D eigenvalue weighted by Gasteiger charge is -2.21. The van der Waals surface area contributed by atoms with Crippen LogP contribution in [-0.4, -0.2) is 19.4 Å². The molecule has 0 saturated heterocycles. The van der Waals surface area contributed by atoms with Gasteiger partial charge in [-0.15, -0.1) is 0 Å². The molecule has 0 aliphatic heterocycles. The predicted octanol–water partition coefficient (Wildman–Crippen LogP) is 4.48. The highest BCUT2D eigenvalue weighted by molar-refractivity contribution is 7.93. The number of carbonyl (C=O) groups excluding carboxylic acids is 1. The zero-order chi connectivity index (χ0) is 20.1. The Kier molecular flexibility index (Phi) is 5.82. The first kappa shape index (κ1) is 19.7. The SMILES string of the molecule is O=C(C=Cc1ccc(Cl)cc1)N(c1ccc(O)cc1)S(=O)(=O)c1ccccc1. The van der Waals surface area contributed by atoms with Crippen LogP contribution in [0, 0.1) is 0 Å². The molecule has 0 unspecified atom stereocenters. The number of sulfonamides is 1. The van der Waals surface area contributed by atoms with Gasteiger partial charge in [0.25, 0.3) is 15.9 Å². The fourth-order valence-corrected chi connectivity index (χ4v) is 4.01. The molecule has 3 rings (SSSR count). The Hall–Kier alpha value is -3.09. The maximum Gasteiger partial charge on any atom is 0.271 e. The quantitative estimate of drug-likeness (QED) is 0.626. The van der Waals surface area contributed by atoms with Crippen molar-refractivity contribution in [3.8, 4) is 5.75 Å². The van der Waals surface area contributed by atoms with E-state index in [9.17, 15) is 18.3 Å². The van der Waals surface area contributed by atoms with Gasteiger partial charge in [0.2, 0.25) is 0 Å². The Morgan fingerprint density at radius 1 is 0.893 bits per heavy atom. The highest BCUT2D eigenvalue weighted by Gasteiger charge is 2.29. The van der Waals surface area contributed by atoms with E-state index in [1.54, 1.807) is 42.5 Å². The summed E-state index contributed by atoms with van der Waals surface area (Å²) in [5.74, 6) is -0.783. The molecule has 142 valence electrons. The second-order valence-electron chi connectivity index (χ2n) is 5.82. The van der Waals surface area contributed by atoms with Crippen LogP contribution in [0.1, 0.15) is 5.56 Å². The van der Waals surface area contributed by atoms with Gasteiger partial charge in [0.1, 0.15) is 5.75 Å². The summed E-state index contributed by atoms with van der Waals surface area (Å²) in [6.45, 7) is 0. The Bertz CT molecular complexity index is 1090. The molecular weight excluding hydrogens is 398 g/mol. The molecule has 0 bridgehead atoms. The zero-order valence-electron chi connectivity index (χ0n) is 14.6. The van der Waals surface area contributed by atoms with Crippen molar-refractivity contribution in [3.05, 3.63) is 95.5 Å². The number of amides is 1. The minimum absolute atomic E-state index is 0.0173. The molecule has 0 fully saturated rings. The van der Waals surface area contributed by atoms with Crippen molar-refractivity contribution < 1.29 is 18.3 Å². The number of hydrogen-bond donors (Lipinski definition) is 1. The molecule has 0 heterocycles. The third kappa shape index (κ3) is 4.42. The number of carbonyl (C=O) groups is 1. The summed E-state index contributed by atoms with van der Waals surface area (Å²) in [5, 5.41) is 10.1.